The zero-order valence-electron chi connectivity index (χ0n) is 20.7. The number of hydrogen-bond donors (Lipinski definition) is 0. The molecule has 0 atom stereocenters. The van der Waals surface area contributed by atoms with Crippen molar-refractivity contribution < 1.29 is 72.9 Å². The van der Waals surface area contributed by atoms with Gasteiger partial charge in [-0.1, -0.05) is 36.4 Å². The average Bonchev–Trinajstić information content (AvgIpc) is 2.92. The van der Waals surface area contributed by atoms with Crippen LogP contribution in [-0.2, 0) is 17.4 Å². The van der Waals surface area contributed by atoms with Gasteiger partial charge in [0.1, 0.15) is 0 Å². The molecule has 0 aliphatic rings. The average molecular weight is 598 g/mol. The summed E-state index contributed by atoms with van der Waals surface area (Å²) in [6, 6.07) is 25.9. The Bertz CT molecular complexity index is 1430. The molecule has 0 spiro atoms. The molecule has 0 saturated heterocycles. The van der Waals surface area contributed by atoms with Crippen LogP contribution < -0.4 is 25.4 Å². The van der Waals surface area contributed by atoms with E-state index in [4.69, 9.17) is 0 Å². The third-order valence-electron chi connectivity index (χ3n) is 4.84. The maximum atomic E-state index is 10.2. The van der Waals surface area contributed by atoms with Gasteiger partial charge in [0.2, 0.25) is 11.0 Å². The zero-order chi connectivity index (χ0) is 27.7. The molecule has 0 bridgehead atoms. The van der Waals surface area contributed by atoms with Crippen molar-refractivity contribution in [2.24, 2.45) is 0 Å². The molecular formula is C27H20CrN3O10. The van der Waals surface area contributed by atoms with Gasteiger partial charge < -0.3 is 50.6 Å². The largest absolute Gasteiger partial charge is 3.00 e. The monoisotopic (exact) mass is 598 g/mol. The Morgan fingerprint density at radius 2 is 0.780 bits per heavy atom. The number of carboxylic acid groups (broad SMARTS) is 4. The number of carboxylic acids is 4. The van der Waals surface area contributed by atoms with Crippen LogP contribution in [0.4, 0.5) is 0 Å². The minimum atomic E-state index is -1.52. The molecule has 13 nitrogen and oxygen atoms in total. The maximum Gasteiger partial charge on any atom is 3.00 e. The molecule has 5 N–H and O–H groups in total. The van der Waals surface area contributed by atoms with E-state index in [2.05, 4.69) is 57.4 Å². The molecule has 1 radical (unpaired) electrons. The Balaban J connectivity index is 0.000000568. The molecule has 0 fully saturated rings. The molecule has 0 unspecified atom stereocenters. The van der Waals surface area contributed by atoms with E-state index in [1.807, 2.05) is 12.1 Å². The molecule has 3 heterocycles. The van der Waals surface area contributed by atoms with Gasteiger partial charge in [-0.15, -0.1) is 0 Å². The number of carbonyl (C=O) groups excluding carboxylic acids is 4. The van der Waals surface area contributed by atoms with Gasteiger partial charge in [-0.25, -0.2) is 15.0 Å². The molecule has 2 aromatic carbocycles. The number of para-hydroxylation sites is 2. The van der Waals surface area contributed by atoms with E-state index in [-0.39, 0.29) is 28.3 Å². The van der Waals surface area contributed by atoms with Crippen LogP contribution in [0.15, 0.2) is 91.0 Å². The number of benzene rings is 2. The molecule has 14 heteroatoms. The van der Waals surface area contributed by atoms with E-state index in [9.17, 15) is 39.6 Å². The smallest absolute Gasteiger partial charge is 0.543 e. The first kappa shape index (κ1) is 35.7. The van der Waals surface area contributed by atoms with E-state index in [1.165, 1.54) is 33.9 Å². The van der Waals surface area contributed by atoms with Gasteiger partial charge in [0.05, 0.1) is 46.7 Å². The molecule has 0 aliphatic heterocycles. The van der Waals surface area contributed by atoms with E-state index >= 15 is 0 Å². The van der Waals surface area contributed by atoms with Crippen molar-refractivity contribution >= 4 is 45.7 Å². The number of aromatic nitrogens is 3. The van der Waals surface area contributed by atoms with Crippen LogP contribution in [0.5, 0.6) is 0 Å². The minimum Gasteiger partial charge on any atom is -0.543 e. The van der Waals surface area contributed by atoms with Crippen LogP contribution in [0.2, 0.25) is 0 Å². The van der Waals surface area contributed by atoms with Gasteiger partial charge in [0.15, 0.2) is 0 Å². The molecule has 41 heavy (non-hydrogen) atoms. The normalized spacial score (nSPS) is 9.17. The minimum absolute atomic E-state index is 0. The fourth-order valence-electron chi connectivity index (χ4n) is 3.11. The van der Waals surface area contributed by atoms with Crippen molar-refractivity contribution in [3.63, 3.8) is 0 Å². The third-order valence-corrected chi connectivity index (χ3v) is 4.84. The number of hydrogen-bond acceptors (Lipinski definition) is 10. The third kappa shape index (κ3) is 10.1. The summed E-state index contributed by atoms with van der Waals surface area (Å²) in [5.41, 5.74) is 0.694. The summed E-state index contributed by atoms with van der Waals surface area (Å²) in [5.74, 6) is -6.06. The first-order valence-corrected chi connectivity index (χ1v) is 10.7. The standard InChI is InChI=1S/C13H9N.2C7H5NO4.Cr.2H2O/c1-3-7-12-10(5-1)9-11-6-2-4-8-13(11)14-12;2*9-6(10)4-2-1-3-5(8-4)7(11)12;;;/h1-9H;2*1-3H,(H,9,10)(H,11,12);;2*1H2/q;;;+3;;/p-3. The maximum absolute atomic E-state index is 10.2. The first-order chi connectivity index (χ1) is 18.2. The molecule has 209 valence electrons. The van der Waals surface area contributed by atoms with Crippen LogP contribution in [-0.4, -0.2) is 44.8 Å². The number of aromatic carboxylic acids is 4. The summed E-state index contributed by atoms with van der Waals surface area (Å²) < 4.78 is 0. The fourth-order valence-corrected chi connectivity index (χ4v) is 3.11. The van der Waals surface area contributed by atoms with Gasteiger partial charge in [-0.05, 0) is 42.5 Å². The van der Waals surface area contributed by atoms with E-state index in [0.717, 1.165) is 24.3 Å². The summed E-state index contributed by atoms with van der Waals surface area (Å²) in [6.07, 6.45) is 0. The Kier molecular flexibility index (Phi) is 14.5. The summed E-state index contributed by atoms with van der Waals surface area (Å²) in [5, 5.41) is 43.3. The number of rotatable bonds is 4. The fraction of sp³-hybridized carbons (Fsp3) is 0. The van der Waals surface area contributed by atoms with Gasteiger partial charge in [-0.3, -0.25) is 0 Å². The predicted molar refractivity (Wildman–Crippen MR) is 131 cm³/mol. The van der Waals surface area contributed by atoms with Gasteiger partial charge in [-0.2, -0.15) is 0 Å². The van der Waals surface area contributed by atoms with Gasteiger partial charge >= 0.3 is 17.4 Å². The summed E-state index contributed by atoms with van der Waals surface area (Å²) in [6.45, 7) is 0. The van der Waals surface area contributed by atoms with Crippen LogP contribution in [0, 0.1) is 0 Å². The second-order valence-corrected chi connectivity index (χ2v) is 7.41. The van der Waals surface area contributed by atoms with Crippen molar-refractivity contribution in [2.75, 3.05) is 0 Å². The number of pyridine rings is 3. The Labute approximate surface area is 242 Å². The van der Waals surface area contributed by atoms with E-state index in [1.54, 1.807) is 0 Å². The first-order valence-electron chi connectivity index (χ1n) is 10.7. The molecule has 0 amide bonds. The number of nitrogens with zero attached hydrogens (tertiary/aromatic N) is 2. The van der Waals surface area contributed by atoms with Crippen molar-refractivity contribution in [3.8, 4) is 0 Å². The summed E-state index contributed by atoms with van der Waals surface area (Å²) >= 11 is 0. The Morgan fingerprint density at radius 3 is 1.07 bits per heavy atom. The topological polar surface area (TPSA) is 263 Å². The Hall–Kier alpha value is -5.26. The zero-order valence-corrected chi connectivity index (χ0v) is 22.0. The number of nitrogens with one attached hydrogen (secondary N) is 1. The number of H-pyrrole nitrogens is 1. The quantitative estimate of drug-likeness (QED) is 0.187. The number of aromatic amines is 1. The van der Waals surface area contributed by atoms with Crippen molar-refractivity contribution in [1.29, 1.82) is 0 Å². The second kappa shape index (κ2) is 16.6. The number of carbonyl (C=O) groups is 4. The van der Waals surface area contributed by atoms with Crippen molar-refractivity contribution in [2.45, 2.75) is 0 Å². The molecular weight excluding hydrogens is 578 g/mol. The molecule has 5 rings (SSSR count). The van der Waals surface area contributed by atoms with E-state index < -0.39 is 46.7 Å². The van der Waals surface area contributed by atoms with Crippen LogP contribution in [0.3, 0.4) is 0 Å². The Morgan fingerprint density at radius 1 is 0.488 bits per heavy atom. The molecule has 3 aromatic heterocycles. The molecule has 0 saturated carbocycles. The predicted octanol–water partition coefficient (Wildman–Crippen LogP) is -3.23. The summed E-state index contributed by atoms with van der Waals surface area (Å²) in [7, 11) is 0. The van der Waals surface area contributed by atoms with Crippen molar-refractivity contribution in [1.82, 2.24) is 9.97 Å². The van der Waals surface area contributed by atoms with Gasteiger partial charge in [0, 0.05) is 22.9 Å². The van der Waals surface area contributed by atoms with Crippen LogP contribution >= 0.6 is 0 Å². The number of fused-ring (bicyclic) bond motifs is 2. The van der Waals surface area contributed by atoms with Crippen LogP contribution in [0.25, 0.3) is 21.8 Å². The van der Waals surface area contributed by atoms with Gasteiger partial charge in [0.25, 0.3) is 0 Å². The van der Waals surface area contributed by atoms with Crippen molar-refractivity contribution in [3.05, 3.63) is 114 Å². The SMILES string of the molecule is O.O.O=C([O-])c1cccc(C(=O)[O-])n1.O=C([O-])c1cccc(C(=O)[O-])n1.[Cr+3].c1ccc2[nH+]c3ccccc3cc2c1. The summed E-state index contributed by atoms with van der Waals surface area (Å²) in [4.78, 5) is 50.7. The second-order valence-electron chi connectivity index (χ2n) is 7.41. The van der Waals surface area contributed by atoms with Crippen LogP contribution in [0.1, 0.15) is 42.0 Å². The molecule has 0 aliphatic carbocycles. The molecule has 5 aromatic rings. The van der Waals surface area contributed by atoms with E-state index in [0.29, 0.717) is 0 Å².